The first-order valence-electron chi connectivity index (χ1n) is 8.14. The highest BCUT2D eigenvalue weighted by atomic mass is 19.1. The van der Waals surface area contributed by atoms with E-state index in [0.717, 1.165) is 0 Å². The summed E-state index contributed by atoms with van der Waals surface area (Å²) in [7, 11) is 0. The van der Waals surface area contributed by atoms with Crippen LogP contribution in [0.2, 0.25) is 0 Å². The monoisotopic (exact) mass is 341 g/mol. The number of anilines is 2. The number of aromatic nitrogens is 2. The molecule has 0 aliphatic carbocycles. The summed E-state index contributed by atoms with van der Waals surface area (Å²) in [5.74, 6) is 0.238. The molecule has 2 aromatic rings. The second-order valence-corrected chi connectivity index (χ2v) is 5.68. The van der Waals surface area contributed by atoms with E-state index in [1.54, 1.807) is 24.4 Å². The molecule has 1 aliphatic rings. The second-order valence-electron chi connectivity index (χ2n) is 5.68. The van der Waals surface area contributed by atoms with Gasteiger partial charge in [0.2, 0.25) is 0 Å². The lowest BCUT2D eigenvalue weighted by atomic mass is 10.2. The molecule has 0 unspecified atom stereocenters. The number of carbonyl (C=O) groups is 1. The Morgan fingerprint density at radius 1 is 1.16 bits per heavy atom. The Labute approximate surface area is 146 Å². The fourth-order valence-corrected chi connectivity index (χ4v) is 2.74. The number of benzene rings is 1. The summed E-state index contributed by atoms with van der Waals surface area (Å²) in [6, 6.07) is 6.80. The number of hydrogen-bond donors (Lipinski definition) is 1. The largest absolute Gasteiger partial charge is 0.366 e. The van der Waals surface area contributed by atoms with Gasteiger partial charge in [0.25, 0.3) is 5.91 Å². The normalized spacial score (nSPS) is 14.3. The smallest absolute Gasteiger partial charge is 0.271 e. The molecular formula is C18H20FN5O. The molecule has 7 heteroatoms. The van der Waals surface area contributed by atoms with Crippen LogP contribution in [0.5, 0.6) is 0 Å². The van der Waals surface area contributed by atoms with Gasteiger partial charge >= 0.3 is 0 Å². The molecule has 1 saturated heterocycles. The Morgan fingerprint density at radius 2 is 1.88 bits per heavy atom. The Hall–Kier alpha value is -2.96. The van der Waals surface area contributed by atoms with E-state index in [1.807, 2.05) is 11.0 Å². The molecule has 1 aromatic heterocycles. The molecule has 2 heterocycles. The molecule has 0 spiro atoms. The minimum Gasteiger partial charge on any atom is -0.366 e. The van der Waals surface area contributed by atoms with Gasteiger partial charge in [-0.05, 0) is 12.1 Å². The molecule has 1 aliphatic heterocycles. The van der Waals surface area contributed by atoms with Crippen LogP contribution in [0, 0.1) is 5.82 Å². The van der Waals surface area contributed by atoms with Crippen molar-refractivity contribution in [1.82, 2.24) is 15.3 Å². The number of carbonyl (C=O) groups excluding carboxylic acids is 1. The van der Waals surface area contributed by atoms with Gasteiger partial charge in [-0.2, -0.15) is 0 Å². The zero-order chi connectivity index (χ0) is 17.6. The minimum absolute atomic E-state index is 0.203. The number of piperazine rings is 1. The maximum Gasteiger partial charge on any atom is 0.271 e. The van der Waals surface area contributed by atoms with Crippen molar-refractivity contribution in [3.8, 4) is 0 Å². The molecule has 0 saturated carbocycles. The van der Waals surface area contributed by atoms with E-state index < -0.39 is 0 Å². The number of nitrogens with one attached hydrogen (secondary N) is 1. The Morgan fingerprint density at radius 3 is 2.52 bits per heavy atom. The van der Waals surface area contributed by atoms with Crippen molar-refractivity contribution in [2.24, 2.45) is 0 Å². The fourth-order valence-electron chi connectivity index (χ4n) is 2.74. The van der Waals surface area contributed by atoms with Gasteiger partial charge in [0.15, 0.2) is 0 Å². The molecule has 0 radical (unpaired) electrons. The van der Waals surface area contributed by atoms with Gasteiger partial charge in [-0.1, -0.05) is 18.2 Å². The van der Waals surface area contributed by atoms with Crippen LogP contribution in [0.25, 0.3) is 0 Å². The van der Waals surface area contributed by atoms with Crippen LogP contribution in [0.4, 0.5) is 15.9 Å². The molecule has 0 atom stereocenters. The Bertz CT molecular complexity index is 741. The van der Waals surface area contributed by atoms with E-state index in [2.05, 4.69) is 26.8 Å². The molecule has 1 amide bonds. The average Bonchev–Trinajstić information content (AvgIpc) is 2.67. The van der Waals surface area contributed by atoms with Gasteiger partial charge in [0.05, 0.1) is 18.1 Å². The summed E-state index contributed by atoms with van der Waals surface area (Å²) in [6.45, 7) is 6.76. The summed E-state index contributed by atoms with van der Waals surface area (Å²) in [4.78, 5) is 24.4. The quantitative estimate of drug-likeness (QED) is 0.841. The third kappa shape index (κ3) is 3.93. The van der Waals surface area contributed by atoms with Gasteiger partial charge in [-0.25, -0.2) is 14.4 Å². The summed E-state index contributed by atoms with van der Waals surface area (Å²) in [5, 5.41) is 2.66. The van der Waals surface area contributed by atoms with Crippen molar-refractivity contribution in [1.29, 1.82) is 0 Å². The lowest BCUT2D eigenvalue weighted by molar-refractivity contribution is 0.0952. The first-order chi connectivity index (χ1) is 12.2. The summed E-state index contributed by atoms with van der Waals surface area (Å²) in [5.41, 5.74) is 0.901. The van der Waals surface area contributed by atoms with Crippen LogP contribution in [0.3, 0.4) is 0 Å². The van der Waals surface area contributed by atoms with Crippen molar-refractivity contribution < 1.29 is 9.18 Å². The lowest BCUT2D eigenvalue weighted by Crippen LogP contribution is -2.47. The van der Waals surface area contributed by atoms with Gasteiger partial charge in [0, 0.05) is 32.7 Å². The molecule has 6 nitrogen and oxygen atoms in total. The van der Waals surface area contributed by atoms with Crippen molar-refractivity contribution >= 4 is 17.4 Å². The van der Waals surface area contributed by atoms with Crippen LogP contribution >= 0.6 is 0 Å². The maximum absolute atomic E-state index is 13.9. The van der Waals surface area contributed by atoms with Gasteiger partial charge in [0.1, 0.15) is 17.3 Å². The number of nitrogens with zero attached hydrogens (tertiary/aromatic N) is 4. The van der Waals surface area contributed by atoms with Crippen molar-refractivity contribution in [3.63, 3.8) is 0 Å². The van der Waals surface area contributed by atoms with Gasteiger partial charge in [-0.3, -0.25) is 4.79 Å². The van der Waals surface area contributed by atoms with E-state index in [4.69, 9.17) is 0 Å². The molecule has 1 N–H and O–H groups in total. The second kappa shape index (κ2) is 7.74. The molecular weight excluding hydrogens is 321 g/mol. The molecule has 25 heavy (non-hydrogen) atoms. The predicted molar refractivity (Wildman–Crippen MR) is 95.4 cm³/mol. The molecule has 130 valence electrons. The number of halogens is 1. The van der Waals surface area contributed by atoms with Crippen LogP contribution in [0.1, 0.15) is 10.5 Å². The van der Waals surface area contributed by atoms with E-state index >= 15 is 0 Å². The van der Waals surface area contributed by atoms with E-state index in [-0.39, 0.29) is 17.4 Å². The third-order valence-electron chi connectivity index (χ3n) is 4.07. The lowest BCUT2D eigenvalue weighted by Gasteiger charge is -2.36. The Balaban J connectivity index is 1.60. The molecule has 1 aromatic carbocycles. The first-order valence-corrected chi connectivity index (χ1v) is 8.14. The highest BCUT2D eigenvalue weighted by Crippen LogP contribution is 2.21. The van der Waals surface area contributed by atoms with Crippen LogP contribution in [-0.2, 0) is 0 Å². The molecule has 0 bridgehead atoms. The summed E-state index contributed by atoms with van der Waals surface area (Å²) in [6.07, 6.45) is 4.67. The standard InChI is InChI=1S/C18H20FN5O/c1-2-7-20-18(25)15-12-22-17(13-21-15)24-10-8-23(9-11-24)16-6-4-3-5-14(16)19/h2-6,12-13H,1,7-11H2,(H,20,25). The van der Waals surface area contributed by atoms with E-state index in [9.17, 15) is 9.18 Å². The number of hydrogen-bond acceptors (Lipinski definition) is 5. The first kappa shape index (κ1) is 16.9. The number of rotatable bonds is 5. The SMILES string of the molecule is C=CCNC(=O)c1cnc(N2CCN(c3ccccc3F)CC2)cn1. The van der Waals surface area contributed by atoms with Crippen molar-refractivity contribution in [2.45, 2.75) is 0 Å². The van der Waals surface area contributed by atoms with E-state index in [1.165, 1.54) is 12.3 Å². The van der Waals surface area contributed by atoms with Gasteiger partial charge in [-0.15, -0.1) is 6.58 Å². The van der Waals surface area contributed by atoms with Gasteiger partial charge < -0.3 is 15.1 Å². The number of para-hydroxylation sites is 1. The van der Waals surface area contributed by atoms with Crippen molar-refractivity contribution in [3.05, 3.63) is 60.8 Å². The summed E-state index contributed by atoms with van der Waals surface area (Å²) >= 11 is 0. The molecule has 1 fully saturated rings. The highest BCUT2D eigenvalue weighted by molar-refractivity contribution is 5.92. The zero-order valence-corrected chi connectivity index (χ0v) is 13.9. The van der Waals surface area contributed by atoms with E-state index in [0.29, 0.717) is 44.2 Å². The Kier molecular flexibility index (Phi) is 5.23. The predicted octanol–water partition coefficient (Wildman–Crippen LogP) is 1.86. The average molecular weight is 341 g/mol. The number of amides is 1. The highest BCUT2D eigenvalue weighted by Gasteiger charge is 2.20. The minimum atomic E-state index is -0.275. The topological polar surface area (TPSA) is 61.4 Å². The van der Waals surface area contributed by atoms with Crippen LogP contribution < -0.4 is 15.1 Å². The maximum atomic E-state index is 13.9. The van der Waals surface area contributed by atoms with Crippen molar-refractivity contribution in [2.75, 3.05) is 42.5 Å². The zero-order valence-electron chi connectivity index (χ0n) is 13.9. The van der Waals surface area contributed by atoms with Crippen LogP contribution in [-0.4, -0.2) is 48.6 Å². The molecule has 3 rings (SSSR count). The third-order valence-corrected chi connectivity index (χ3v) is 4.07. The summed E-state index contributed by atoms with van der Waals surface area (Å²) < 4.78 is 13.9. The fraction of sp³-hybridized carbons (Fsp3) is 0.278. The van der Waals surface area contributed by atoms with Crippen LogP contribution in [0.15, 0.2) is 49.3 Å².